The third-order valence-electron chi connectivity index (χ3n) is 3.57. The predicted molar refractivity (Wildman–Crippen MR) is 86.0 cm³/mol. The van der Waals surface area contributed by atoms with E-state index in [-0.39, 0.29) is 0 Å². The van der Waals surface area contributed by atoms with Gasteiger partial charge in [0.25, 0.3) is 0 Å². The summed E-state index contributed by atoms with van der Waals surface area (Å²) >= 11 is 12.1. The topological polar surface area (TPSA) is 39.1 Å². The maximum atomic E-state index is 6.11. The summed E-state index contributed by atoms with van der Waals surface area (Å²) < 4.78 is 7.35. The van der Waals surface area contributed by atoms with Crippen LogP contribution in [-0.2, 0) is 17.6 Å². The second-order valence-corrected chi connectivity index (χ2v) is 5.72. The number of hydrogen-bond acceptors (Lipinski definition) is 3. The van der Waals surface area contributed by atoms with Crippen LogP contribution in [0.25, 0.3) is 5.69 Å². The Balaban J connectivity index is 1.95. The first kappa shape index (κ1) is 14.7. The molecule has 2 heterocycles. The molecule has 0 bridgehead atoms. The van der Waals surface area contributed by atoms with E-state index in [0.717, 1.165) is 43.2 Å². The smallest absolute Gasteiger partial charge is 0.133 e. The molecule has 112 valence electrons. The third-order valence-corrected chi connectivity index (χ3v) is 4.31. The minimum Gasteiger partial charge on any atom is -0.381 e. The summed E-state index contributed by atoms with van der Waals surface area (Å²) in [6.07, 6.45) is 1.82. The van der Waals surface area contributed by atoms with Gasteiger partial charge in [-0.25, -0.2) is 4.68 Å². The Morgan fingerprint density at radius 1 is 1.33 bits per heavy atom. The van der Waals surface area contributed by atoms with Crippen molar-refractivity contribution in [3.63, 3.8) is 0 Å². The molecule has 2 aromatic rings. The Kier molecular flexibility index (Phi) is 4.38. The molecular weight excluding hydrogens is 309 g/mol. The highest BCUT2D eigenvalue weighted by Crippen LogP contribution is 2.31. The average molecular weight is 326 g/mol. The molecule has 6 heteroatoms. The first-order valence-corrected chi connectivity index (χ1v) is 7.84. The average Bonchev–Trinajstić information content (AvgIpc) is 3.06. The molecule has 21 heavy (non-hydrogen) atoms. The van der Waals surface area contributed by atoms with E-state index in [2.05, 4.69) is 5.32 Å². The van der Waals surface area contributed by atoms with Crippen molar-refractivity contribution in [3.05, 3.63) is 39.5 Å². The lowest BCUT2D eigenvalue weighted by atomic mass is 10.1. The highest BCUT2D eigenvalue weighted by Gasteiger charge is 2.22. The zero-order valence-corrected chi connectivity index (χ0v) is 13.3. The highest BCUT2D eigenvalue weighted by atomic mass is 35.5. The van der Waals surface area contributed by atoms with E-state index in [9.17, 15) is 0 Å². The summed E-state index contributed by atoms with van der Waals surface area (Å²) in [7, 11) is 0. The van der Waals surface area contributed by atoms with Crippen LogP contribution in [0.1, 0.15) is 18.2 Å². The van der Waals surface area contributed by atoms with Gasteiger partial charge in [0.1, 0.15) is 5.82 Å². The molecule has 0 saturated carbocycles. The summed E-state index contributed by atoms with van der Waals surface area (Å²) in [5.74, 6) is 1.06. The largest absolute Gasteiger partial charge is 0.381 e. The van der Waals surface area contributed by atoms with E-state index < -0.39 is 0 Å². The van der Waals surface area contributed by atoms with Crippen LogP contribution in [0.4, 0.5) is 5.82 Å². The molecule has 0 amide bonds. The first-order chi connectivity index (χ1) is 10.2. The van der Waals surface area contributed by atoms with Gasteiger partial charge in [-0.2, -0.15) is 5.10 Å². The number of benzene rings is 1. The van der Waals surface area contributed by atoms with E-state index in [1.54, 1.807) is 6.07 Å². The number of aromatic nitrogens is 2. The molecule has 1 aromatic heterocycles. The Bertz CT molecular complexity index is 655. The fourth-order valence-corrected chi connectivity index (χ4v) is 2.86. The van der Waals surface area contributed by atoms with Gasteiger partial charge in [0.2, 0.25) is 0 Å². The maximum absolute atomic E-state index is 6.11. The van der Waals surface area contributed by atoms with Gasteiger partial charge in [0.15, 0.2) is 0 Å². The minimum atomic E-state index is 0.535. The Morgan fingerprint density at radius 2 is 2.19 bits per heavy atom. The Hall–Kier alpha value is -1.23. The van der Waals surface area contributed by atoms with Gasteiger partial charge < -0.3 is 10.1 Å². The third kappa shape index (κ3) is 2.89. The molecule has 4 nitrogen and oxygen atoms in total. The zero-order valence-electron chi connectivity index (χ0n) is 11.8. The summed E-state index contributed by atoms with van der Waals surface area (Å²) in [5, 5.41) is 9.20. The second kappa shape index (κ2) is 6.26. The highest BCUT2D eigenvalue weighted by molar-refractivity contribution is 6.42. The van der Waals surface area contributed by atoms with E-state index in [1.165, 1.54) is 5.56 Å². The summed E-state index contributed by atoms with van der Waals surface area (Å²) in [5.41, 5.74) is 3.29. The number of nitrogens with one attached hydrogen (secondary N) is 1. The number of hydrogen-bond donors (Lipinski definition) is 1. The molecule has 0 saturated heterocycles. The lowest BCUT2D eigenvalue weighted by Crippen LogP contribution is -2.06. The molecule has 1 aliphatic heterocycles. The van der Waals surface area contributed by atoms with Crippen molar-refractivity contribution < 1.29 is 4.74 Å². The van der Waals surface area contributed by atoms with Crippen LogP contribution < -0.4 is 5.32 Å². The standard InChI is InChI=1S/C15H17Cl2N3O/c1-2-21-8-6-14-11-5-7-18-15(11)20(19-14)10-3-4-12(16)13(17)9-10/h3-4,9,18H,2,5-8H2,1H3. The molecule has 0 aliphatic carbocycles. The molecule has 0 fully saturated rings. The SMILES string of the molecule is CCOCCc1nn(-c2ccc(Cl)c(Cl)c2)c2c1CCN2. The number of fused-ring (bicyclic) bond motifs is 1. The summed E-state index contributed by atoms with van der Waals surface area (Å²) in [6, 6.07) is 5.55. The fraction of sp³-hybridized carbons (Fsp3) is 0.400. The van der Waals surface area contributed by atoms with Crippen molar-refractivity contribution in [2.75, 3.05) is 25.1 Å². The van der Waals surface area contributed by atoms with Crippen LogP contribution in [-0.4, -0.2) is 29.5 Å². The van der Waals surface area contributed by atoms with E-state index >= 15 is 0 Å². The van der Waals surface area contributed by atoms with E-state index in [4.69, 9.17) is 33.0 Å². The second-order valence-electron chi connectivity index (χ2n) is 4.91. The van der Waals surface area contributed by atoms with Gasteiger partial charge in [-0.15, -0.1) is 0 Å². The van der Waals surface area contributed by atoms with Crippen molar-refractivity contribution in [1.29, 1.82) is 0 Å². The van der Waals surface area contributed by atoms with Gasteiger partial charge in [0, 0.05) is 25.1 Å². The summed E-state index contributed by atoms with van der Waals surface area (Å²) in [4.78, 5) is 0. The van der Waals surface area contributed by atoms with Gasteiger partial charge in [-0.1, -0.05) is 23.2 Å². The van der Waals surface area contributed by atoms with Crippen LogP contribution in [0.5, 0.6) is 0 Å². The number of anilines is 1. The van der Waals surface area contributed by atoms with Crippen LogP contribution in [0.15, 0.2) is 18.2 Å². The molecule has 3 rings (SSSR count). The maximum Gasteiger partial charge on any atom is 0.133 e. The van der Waals surface area contributed by atoms with Crippen molar-refractivity contribution in [2.24, 2.45) is 0 Å². The molecule has 1 aliphatic rings. The van der Waals surface area contributed by atoms with Gasteiger partial charge in [0.05, 0.1) is 28.0 Å². The van der Waals surface area contributed by atoms with Crippen molar-refractivity contribution in [1.82, 2.24) is 9.78 Å². The van der Waals surface area contributed by atoms with E-state index in [0.29, 0.717) is 16.7 Å². The minimum absolute atomic E-state index is 0.535. The molecule has 1 aromatic carbocycles. The Labute approximate surface area is 134 Å². The zero-order chi connectivity index (χ0) is 14.8. The van der Waals surface area contributed by atoms with Crippen LogP contribution >= 0.6 is 23.2 Å². The lowest BCUT2D eigenvalue weighted by Gasteiger charge is -2.07. The van der Waals surface area contributed by atoms with Gasteiger partial charge >= 0.3 is 0 Å². The van der Waals surface area contributed by atoms with Gasteiger partial charge in [-0.3, -0.25) is 0 Å². The Morgan fingerprint density at radius 3 is 2.95 bits per heavy atom. The van der Waals surface area contributed by atoms with Crippen molar-refractivity contribution in [3.8, 4) is 5.69 Å². The number of nitrogens with zero attached hydrogens (tertiary/aromatic N) is 2. The van der Waals surface area contributed by atoms with Crippen molar-refractivity contribution >= 4 is 29.0 Å². The fourth-order valence-electron chi connectivity index (χ4n) is 2.56. The molecule has 1 N–H and O–H groups in total. The van der Waals surface area contributed by atoms with Crippen LogP contribution in [0.3, 0.4) is 0 Å². The number of ether oxygens (including phenoxy) is 1. The molecular formula is C15H17Cl2N3O. The first-order valence-electron chi connectivity index (χ1n) is 7.08. The number of halogens is 2. The van der Waals surface area contributed by atoms with Crippen LogP contribution in [0.2, 0.25) is 10.0 Å². The quantitative estimate of drug-likeness (QED) is 0.851. The molecule has 0 spiro atoms. The van der Waals surface area contributed by atoms with Crippen LogP contribution in [0, 0.1) is 0 Å². The lowest BCUT2D eigenvalue weighted by molar-refractivity contribution is 0.150. The predicted octanol–water partition coefficient (Wildman–Crippen LogP) is 3.73. The molecule has 0 radical (unpaired) electrons. The van der Waals surface area contributed by atoms with Gasteiger partial charge in [-0.05, 0) is 31.5 Å². The molecule has 0 unspecified atom stereocenters. The molecule has 0 atom stereocenters. The van der Waals surface area contributed by atoms with Crippen molar-refractivity contribution in [2.45, 2.75) is 19.8 Å². The summed E-state index contributed by atoms with van der Waals surface area (Å²) in [6.45, 7) is 4.37. The normalized spacial score (nSPS) is 13.3. The monoisotopic (exact) mass is 325 g/mol. The number of rotatable bonds is 5. The van der Waals surface area contributed by atoms with E-state index in [1.807, 2.05) is 23.7 Å².